The lowest BCUT2D eigenvalue weighted by molar-refractivity contribution is -0.276. The molecule has 0 unspecified atom stereocenters. The zero-order valence-electron chi connectivity index (χ0n) is 10.5. The minimum atomic E-state index is -5.65. The topological polar surface area (TPSA) is 30.2 Å². The molecule has 1 heterocycles. The van der Waals surface area contributed by atoms with E-state index in [9.17, 15) is 31.1 Å². The van der Waals surface area contributed by atoms with Gasteiger partial charge in [-0.15, -0.1) is 0 Å². The Labute approximate surface area is 114 Å². The summed E-state index contributed by atoms with van der Waals surface area (Å²) in [5.41, 5.74) is -0.778. The maximum absolute atomic E-state index is 13.5. The van der Waals surface area contributed by atoms with Crippen LogP contribution in [0.25, 0.3) is 11.0 Å². The average Bonchev–Trinajstić information content (AvgIpc) is 2.38. The van der Waals surface area contributed by atoms with Gasteiger partial charge in [0, 0.05) is 6.07 Å². The number of hydrogen-bond acceptors (Lipinski definition) is 2. The van der Waals surface area contributed by atoms with Gasteiger partial charge in [0.05, 0.1) is 5.39 Å². The Balaban J connectivity index is 2.68. The molecule has 0 saturated heterocycles. The fourth-order valence-corrected chi connectivity index (χ4v) is 1.73. The number of halogens is 6. The van der Waals surface area contributed by atoms with Crippen molar-refractivity contribution in [2.24, 2.45) is 0 Å². The van der Waals surface area contributed by atoms with Gasteiger partial charge >= 0.3 is 18.3 Å². The van der Waals surface area contributed by atoms with Crippen molar-refractivity contribution in [3.8, 4) is 0 Å². The van der Waals surface area contributed by atoms with Gasteiger partial charge in [0.25, 0.3) is 0 Å². The Morgan fingerprint density at radius 2 is 1.71 bits per heavy atom. The van der Waals surface area contributed by atoms with E-state index in [0.717, 1.165) is 6.07 Å². The highest BCUT2D eigenvalue weighted by Gasteiger charge is 2.65. The van der Waals surface area contributed by atoms with Crippen LogP contribution in [0.15, 0.2) is 33.5 Å². The van der Waals surface area contributed by atoms with Gasteiger partial charge in [-0.1, -0.05) is 11.6 Å². The summed E-state index contributed by atoms with van der Waals surface area (Å²) in [6.07, 6.45) is -4.61. The Hall–Kier alpha value is -1.99. The summed E-state index contributed by atoms with van der Waals surface area (Å²) in [7, 11) is 0. The van der Waals surface area contributed by atoms with Crippen molar-refractivity contribution in [1.82, 2.24) is 0 Å². The van der Waals surface area contributed by atoms with Crippen LogP contribution in [0.1, 0.15) is 11.3 Å². The number of benzene rings is 1. The van der Waals surface area contributed by atoms with E-state index >= 15 is 0 Å². The highest BCUT2D eigenvalue weighted by molar-refractivity contribution is 5.77. The zero-order chi connectivity index (χ0) is 16.0. The van der Waals surface area contributed by atoms with Crippen LogP contribution in [-0.2, 0) is 5.92 Å². The van der Waals surface area contributed by atoms with Crippen LogP contribution in [0.4, 0.5) is 26.3 Å². The van der Waals surface area contributed by atoms with Crippen molar-refractivity contribution in [3.63, 3.8) is 0 Å². The first-order chi connectivity index (χ1) is 9.57. The lowest BCUT2D eigenvalue weighted by Crippen LogP contribution is -2.44. The first-order valence-electron chi connectivity index (χ1n) is 5.66. The molecule has 114 valence electrons. The molecule has 0 aliphatic rings. The Morgan fingerprint density at radius 3 is 2.29 bits per heavy atom. The fourth-order valence-electron chi connectivity index (χ4n) is 1.73. The predicted octanol–water partition coefficient (Wildman–Crippen LogP) is 4.09. The van der Waals surface area contributed by atoms with Gasteiger partial charge in [-0.05, 0) is 19.1 Å². The Kier molecular flexibility index (Phi) is 3.51. The van der Waals surface area contributed by atoms with Crippen molar-refractivity contribution < 1.29 is 30.8 Å². The zero-order valence-corrected chi connectivity index (χ0v) is 10.5. The molecule has 0 aliphatic carbocycles. The van der Waals surface area contributed by atoms with Crippen LogP contribution in [0.2, 0.25) is 0 Å². The second-order valence-electron chi connectivity index (χ2n) is 4.47. The van der Waals surface area contributed by atoms with Crippen LogP contribution >= 0.6 is 0 Å². The quantitative estimate of drug-likeness (QED) is 0.799. The SMILES string of the molecule is Cc1ccc2oc(C(F)(F)C(F)(F)C(F)F)cc(=O)c2c1. The van der Waals surface area contributed by atoms with Crippen LogP contribution in [0.5, 0.6) is 0 Å². The highest BCUT2D eigenvalue weighted by Crippen LogP contribution is 2.46. The van der Waals surface area contributed by atoms with Gasteiger partial charge < -0.3 is 4.42 Å². The van der Waals surface area contributed by atoms with Gasteiger partial charge in [-0.2, -0.15) is 17.6 Å². The monoisotopic (exact) mass is 310 g/mol. The Morgan fingerprint density at radius 1 is 1.10 bits per heavy atom. The molecule has 2 aromatic rings. The highest BCUT2D eigenvalue weighted by atomic mass is 19.3. The first kappa shape index (κ1) is 15.4. The molecule has 21 heavy (non-hydrogen) atoms. The molecule has 0 N–H and O–H groups in total. The standard InChI is InChI=1S/C13H8F6O2/c1-6-2-3-9-7(4-6)8(20)5-10(21-9)12(16,17)13(18,19)11(14)15/h2-5,11H,1H3. The van der Waals surface area contributed by atoms with E-state index in [1.807, 2.05) is 0 Å². The summed E-state index contributed by atoms with van der Waals surface area (Å²) in [6, 6.07) is 3.96. The Bertz CT molecular complexity index is 735. The smallest absolute Gasteiger partial charge is 0.376 e. The summed E-state index contributed by atoms with van der Waals surface area (Å²) < 4.78 is 81.7. The molecular weight excluding hydrogens is 302 g/mol. The van der Waals surface area contributed by atoms with E-state index in [4.69, 9.17) is 0 Å². The molecule has 2 rings (SSSR count). The molecule has 0 bridgehead atoms. The predicted molar refractivity (Wildman–Crippen MR) is 62.1 cm³/mol. The molecule has 0 atom stereocenters. The van der Waals surface area contributed by atoms with Crippen LogP contribution in [-0.4, -0.2) is 12.3 Å². The molecule has 0 spiro atoms. The van der Waals surface area contributed by atoms with Crippen molar-refractivity contribution in [3.05, 3.63) is 45.8 Å². The summed E-state index contributed by atoms with van der Waals surface area (Å²) >= 11 is 0. The molecule has 2 nitrogen and oxygen atoms in total. The summed E-state index contributed by atoms with van der Waals surface area (Å²) in [5, 5.41) is -0.102. The van der Waals surface area contributed by atoms with Gasteiger partial charge in [-0.3, -0.25) is 4.79 Å². The largest absolute Gasteiger partial charge is 0.454 e. The molecule has 1 aromatic heterocycles. The fraction of sp³-hybridized carbons (Fsp3) is 0.308. The lowest BCUT2D eigenvalue weighted by atomic mass is 10.1. The van der Waals surface area contributed by atoms with Gasteiger partial charge in [-0.25, -0.2) is 8.78 Å². The van der Waals surface area contributed by atoms with E-state index in [1.54, 1.807) is 6.92 Å². The number of hydrogen-bond donors (Lipinski definition) is 0. The van der Waals surface area contributed by atoms with Crippen molar-refractivity contribution in [2.45, 2.75) is 25.2 Å². The minimum absolute atomic E-state index is 0.102. The van der Waals surface area contributed by atoms with E-state index in [0.29, 0.717) is 5.56 Å². The number of rotatable bonds is 3. The van der Waals surface area contributed by atoms with E-state index in [-0.39, 0.29) is 17.0 Å². The normalized spacial score (nSPS) is 13.1. The average molecular weight is 310 g/mol. The third-order valence-electron chi connectivity index (χ3n) is 2.88. The lowest BCUT2D eigenvalue weighted by Gasteiger charge is -2.24. The first-order valence-corrected chi connectivity index (χ1v) is 5.66. The number of alkyl halides is 6. The van der Waals surface area contributed by atoms with Crippen molar-refractivity contribution >= 4 is 11.0 Å². The minimum Gasteiger partial charge on any atom is -0.454 e. The maximum atomic E-state index is 13.5. The second-order valence-corrected chi connectivity index (χ2v) is 4.47. The maximum Gasteiger partial charge on any atom is 0.376 e. The van der Waals surface area contributed by atoms with Crippen LogP contribution in [0, 0.1) is 6.92 Å². The van der Waals surface area contributed by atoms with Crippen LogP contribution < -0.4 is 5.43 Å². The van der Waals surface area contributed by atoms with E-state index in [2.05, 4.69) is 4.42 Å². The molecular formula is C13H8F6O2. The van der Waals surface area contributed by atoms with Gasteiger partial charge in [0.15, 0.2) is 11.2 Å². The van der Waals surface area contributed by atoms with Crippen molar-refractivity contribution in [1.29, 1.82) is 0 Å². The molecule has 0 amide bonds. The molecule has 1 aromatic carbocycles. The van der Waals surface area contributed by atoms with Gasteiger partial charge in [0.2, 0.25) is 0 Å². The number of fused-ring (bicyclic) bond motifs is 1. The second kappa shape index (κ2) is 4.78. The van der Waals surface area contributed by atoms with Gasteiger partial charge in [0.1, 0.15) is 5.58 Å². The molecule has 0 saturated carbocycles. The summed E-state index contributed by atoms with van der Waals surface area (Å²) in [5.74, 6) is -12.8. The molecule has 0 radical (unpaired) electrons. The third-order valence-corrected chi connectivity index (χ3v) is 2.88. The number of aryl methyl sites for hydroxylation is 1. The molecule has 8 heteroatoms. The van der Waals surface area contributed by atoms with Crippen molar-refractivity contribution in [2.75, 3.05) is 0 Å². The van der Waals surface area contributed by atoms with E-state index in [1.165, 1.54) is 12.1 Å². The summed E-state index contributed by atoms with van der Waals surface area (Å²) in [4.78, 5) is 11.7. The molecule has 0 fully saturated rings. The van der Waals surface area contributed by atoms with E-state index < -0.39 is 29.5 Å². The van der Waals surface area contributed by atoms with Crippen LogP contribution in [0.3, 0.4) is 0 Å². The summed E-state index contributed by atoms with van der Waals surface area (Å²) in [6.45, 7) is 1.62. The molecule has 0 aliphatic heterocycles. The third kappa shape index (κ3) is 2.38.